The highest BCUT2D eigenvalue weighted by Crippen LogP contribution is 2.31. The summed E-state index contributed by atoms with van der Waals surface area (Å²) >= 11 is 0. The number of amides is 2. The molecule has 0 saturated carbocycles. The zero-order chi connectivity index (χ0) is 25.5. The van der Waals surface area contributed by atoms with Crippen LogP contribution < -0.4 is 11.0 Å². The number of carbonyl (C=O) groups is 2. The summed E-state index contributed by atoms with van der Waals surface area (Å²) in [4.78, 5) is 47.0. The molecule has 0 atom stereocenters. The van der Waals surface area contributed by atoms with Gasteiger partial charge in [0.2, 0.25) is 0 Å². The van der Waals surface area contributed by atoms with Crippen molar-refractivity contribution in [2.24, 2.45) is 0 Å². The summed E-state index contributed by atoms with van der Waals surface area (Å²) in [5.74, 6) is -1.09. The highest BCUT2D eigenvalue weighted by molar-refractivity contribution is 6.15. The van der Waals surface area contributed by atoms with Crippen LogP contribution in [0.4, 0.5) is 10.1 Å². The number of hydrogen-bond donors (Lipinski definition) is 3. The molecule has 1 aliphatic heterocycles. The molecule has 5 aromatic rings. The largest absolute Gasteiger partial charge is 0.349 e. The lowest BCUT2D eigenvalue weighted by atomic mass is 10.0. The standard InChI is InChI=1S/C28H24FN5O3/c29-18-11-9-17(10-12-18)26(35)32-24-20-5-1-2-6-21(20)30-25(24)27(36)33-15-13-19(14-16-33)34-23-8-4-3-7-22(23)31-28(34)37/h1-12,19,30H,13-16H2,(H,31,37)(H,32,35). The number of rotatable bonds is 4. The fourth-order valence-corrected chi connectivity index (χ4v) is 5.14. The number of carbonyl (C=O) groups excluding carboxylic acids is 2. The number of halogens is 1. The van der Waals surface area contributed by atoms with Crippen LogP contribution in [0.2, 0.25) is 0 Å². The topological polar surface area (TPSA) is 103 Å². The van der Waals surface area contributed by atoms with Crippen molar-refractivity contribution in [2.75, 3.05) is 18.4 Å². The molecule has 0 radical (unpaired) electrons. The van der Waals surface area contributed by atoms with Crippen LogP contribution in [0.1, 0.15) is 39.7 Å². The third-order valence-electron chi connectivity index (χ3n) is 7.01. The molecular formula is C28H24FN5O3. The SMILES string of the molecule is O=C(Nc1c(C(=O)N2CCC(n3c(=O)[nH]c4ccccc43)CC2)[nH]c2ccccc12)c1ccc(F)cc1. The van der Waals surface area contributed by atoms with Crippen LogP contribution in [0, 0.1) is 5.82 Å². The molecule has 0 unspecified atom stereocenters. The van der Waals surface area contributed by atoms with Gasteiger partial charge in [-0.25, -0.2) is 9.18 Å². The molecule has 0 spiro atoms. The molecule has 1 fully saturated rings. The maximum Gasteiger partial charge on any atom is 0.326 e. The molecule has 3 aromatic carbocycles. The molecule has 3 N–H and O–H groups in total. The number of H-pyrrole nitrogens is 2. The van der Waals surface area contributed by atoms with E-state index in [-0.39, 0.29) is 23.2 Å². The fraction of sp³-hybridized carbons (Fsp3) is 0.179. The lowest BCUT2D eigenvalue weighted by molar-refractivity contribution is 0.0691. The number of benzene rings is 3. The zero-order valence-corrected chi connectivity index (χ0v) is 19.8. The quantitative estimate of drug-likeness (QED) is 0.336. The zero-order valence-electron chi connectivity index (χ0n) is 19.8. The summed E-state index contributed by atoms with van der Waals surface area (Å²) < 4.78 is 15.1. The number of piperidine rings is 1. The predicted octanol–water partition coefficient (Wildman–Crippen LogP) is 4.68. The van der Waals surface area contributed by atoms with Crippen molar-refractivity contribution >= 4 is 39.4 Å². The summed E-state index contributed by atoms with van der Waals surface area (Å²) in [6, 6.07) is 20.2. The van der Waals surface area contributed by atoms with Crippen LogP contribution in [0.25, 0.3) is 21.9 Å². The molecule has 0 aliphatic carbocycles. The van der Waals surface area contributed by atoms with Gasteiger partial charge < -0.3 is 20.2 Å². The van der Waals surface area contributed by atoms with E-state index < -0.39 is 11.7 Å². The molecular weight excluding hydrogens is 473 g/mol. The average molecular weight is 498 g/mol. The summed E-state index contributed by atoms with van der Waals surface area (Å²) in [5, 5.41) is 3.57. The summed E-state index contributed by atoms with van der Waals surface area (Å²) in [5.41, 5.74) is 3.21. The number of para-hydroxylation sites is 3. The molecule has 3 heterocycles. The molecule has 37 heavy (non-hydrogen) atoms. The van der Waals surface area contributed by atoms with Gasteiger partial charge in [-0.1, -0.05) is 30.3 Å². The minimum atomic E-state index is -0.434. The minimum absolute atomic E-state index is 0.0203. The van der Waals surface area contributed by atoms with Gasteiger partial charge in [0.15, 0.2) is 0 Å². The van der Waals surface area contributed by atoms with Gasteiger partial charge in [0, 0.05) is 35.6 Å². The van der Waals surface area contributed by atoms with Gasteiger partial charge >= 0.3 is 5.69 Å². The maximum absolute atomic E-state index is 13.6. The molecule has 9 heteroatoms. The number of hydrogen-bond acceptors (Lipinski definition) is 3. The smallest absolute Gasteiger partial charge is 0.326 e. The summed E-state index contributed by atoms with van der Waals surface area (Å²) in [6.45, 7) is 0.937. The third-order valence-corrected chi connectivity index (χ3v) is 7.01. The van der Waals surface area contributed by atoms with Gasteiger partial charge in [-0.3, -0.25) is 14.2 Å². The predicted molar refractivity (Wildman–Crippen MR) is 139 cm³/mol. The number of nitrogens with one attached hydrogen (secondary N) is 3. The second-order valence-electron chi connectivity index (χ2n) is 9.22. The number of anilines is 1. The Hall–Kier alpha value is -4.66. The maximum atomic E-state index is 13.6. The van der Waals surface area contributed by atoms with E-state index in [4.69, 9.17) is 0 Å². The number of likely N-dealkylation sites (tertiary alicyclic amines) is 1. The van der Waals surface area contributed by atoms with Gasteiger partial charge in [0.25, 0.3) is 11.8 Å². The van der Waals surface area contributed by atoms with Crippen molar-refractivity contribution in [1.82, 2.24) is 19.4 Å². The number of nitrogens with zero attached hydrogens (tertiary/aromatic N) is 2. The average Bonchev–Trinajstić information content (AvgIpc) is 3.45. The molecule has 2 amide bonds. The summed E-state index contributed by atoms with van der Waals surface area (Å²) in [7, 11) is 0. The van der Waals surface area contributed by atoms with E-state index in [9.17, 15) is 18.8 Å². The molecule has 6 rings (SSSR count). The van der Waals surface area contributed by atoms with Crippen LogP contribution in [0.3, 0.4) is 0 Å². The first kappa shape index (κ1) is 22.8. The Morgan fingerprint density at radius 2 is 1.54 bits per heavy atom. The van der Waals surface area contributed by atoms with Crippen molar-refractivity contribution < 1.29 is 14.0 Å². The van der Waals surface area contributed by atoms with Crippen molar-refractivity contribution in [3.63, 3.8) is 0 Å². The number of aromatic amines is 2. The Balaban J connectivity index is 1.26. The first-order valence-electron chi connectivity index (χ1n) is 12.2. The van der Waals surface area contributed by atoms with Crippen LogP contribution in [-0.4, -0.2) is 44.3 Å². The Kier molecular flexibility index (Phi) is 5.60. The van der Waals surface area contributed by atoms with Crippen molar-refractivity contribution in [1.29, 1.82) is 0 Å². The van der Waals surface area contributed by atoms with E-state index >= 15 is 0 Å². The third kappa shape index (κ3) is 4.08. The van der Waals surface area contributed by atoms with Gasteiger partial charge in [0.1, 0.15) is 11.5 Å². The van der Waals surface area contributed by atoms with Crippen molar-refractivity contribution in [3.8, 4) is 0 Å². The Morgan fingerprint density at radius 1 is 0.865 bits per heavy atom. The van der Waals surface area contributed by atoms with E-state index in [1.807, 2.05) is 48.5 Å². The van der Waals surface area contributed by atoms with Crippen LogP contribution in [0.15, 0.2) is 77.6 Å². The van der Waals surface area contributed by atoms with Crippen molar-refractivity contribution in [3.05, 3.63) is 100 Å². The Labute approximate surface area is 210 Å². The first-order chi connectivity index (χ1) is 18.0. The van der Waals surface area contributed by atoms with E-state index in [1.54, 1.807) is 9.47 Å². The second-order valence-corrected chi connectivity index (χ2v) is 9.22. The molecule has 186 valence electrons. The lowest BCUT2D eigenvalue weighted by Crippen LogP contribution is -2.40. The molecule has 0 bridgehead atoms. The van der Waals surface area contributed by atoms with Gasteiger partial charge in [0.05, 0.1) is 16.7 Å². The molecule has 2 aromatic heterocycles. The monoisotopic (exact) mass is 497 g/mol. The Bertz CT molecular complexity index is 1690. The highest BCUT2D eigenvalue weighted by atomic mass is 19.1. The first-order valence-corrected chi connectivity index (χ1v) is 12.2. The Morgan fingerprint density at radius 3 is 2.30 bits per heavy atom. The normalized spacial score (nSPS) is 14.4. The van der Waals surface area contributed by atoms with Crippen LogP contribution >= 0.6 is 0 Å². The fourth-order valence-electron chi connectivity index (χ4n) is 5.14. The van der Waals surface area contributed by atoms with Gasteiger partial charge in [-0.2, -0.15) is 0 Å². The van der Waals surface area contributed by atoms with Crippen LogP contribution in [0.5, 0.6) is 0 Å². The molecule has 1 saturated heterocycles. The van der Waals surface area contributed by atoms with Crippen LogP contribution in [-0.2, 0) is 0 Å². The molecule has 8 nitrogen and oxygen atoms in total. The lowest BCUT2D eigenvalue weighted by Gasteiger charge is -2.32. The molecule has 1 aliphatic rings. The van der Waals surface area contributed by atoms with Gasteiger partial charge in [-0.05, 0) is 55.3 Å². The van der Waals surface area contributed by atoms with E-state index in [2.05, 4.69) is 15.3 Å². The van der Waals surface area contributed by atoms with Gasteiger partial charge in [-0.15, -0.1) is 0 Å². The number of aromatic nitrogens is 3. The second kappa shape index (κ2) is 9.09. The minimum Gasteiger partial charge on any atom is -0.349 e. The number of fused-ring (bicyclic) bond motifs is 2. The number of imidazole rings is 1. The van der Waals surface area contributed by atoms with Crippen molar-refractivity contribution in [2.45, 2.75) is 18.9 Å². The summed E-state index contributed by atoms with van der Waals surface area (Å²) in [6.07, 6.45) is 1.26. The van der Waals surface area contributed by atoms with E-state index in [1.165, 1.54) is 24.3 Å². The van der Waals surface area contributed by atoms with E-state index in [0.717, 1.165) is 16.6 Å². The van der Waals surface area contributed by atoms with E-state index in [0.29, 0.717) is 42.7 Å². The highest BCUT2D eigenvalue weighted by Gasteiger charge is 2.29.